The van der Waals surface area contributed by atoms with E-state index < -0.39 is 12.1 Å². The highest BCUT2D eigenvalue weighted by Crippen LogP contribution is 2.28. The van der Waals surface area contributed by atoms with Crippen LogP contribution in [0.4, 0.5) is 9.93 Å². The monoisotopic (exact) mass is 353 g/mol. The molecular formula is C14H19N5O2S2. The zero-order valence-electron chi connectivity index (χ0n) is 13.1. The number of nitrogens with zero attached hydrogens (tertiary/aromatic N) is 2. The highest BCUT2D eigenvalue weighted by atomic mass is 32.1. The summed E-state index contributed by atoms with van der Waals surface area (Å²) in [6, 6.07) is 2.58. The van der Waals surface area contributed by atoms with Crippen molar-refractivity contribution in [2.24, 2.45) is 5.73 Å². The average Bonchev–Trinajstić information content (AvgIpc) is 3.07. The van der Waals surface area contributed by atoms with Gasteiger partial charge < -0.3 is 16.4 Å². The molecule has 1 atom stereocenters. The molecule has 0 fully saturated rings. The van der Waals surface area contributed by atoms with E-state index in [1.165, 1.54) is 22.7 Å². The van der Waals surface area contributed by atoms with E-state index in [1.54, 1.807) is 0 Å². The van der Waals surface area contributed by atoms with Gasteiger partial charge in [0.15, 0.2) is 0 Å². The van der Waals surface area contributed by atoms with Crippen LogP contribution < -0.4 is 16.4 Å². The number of urea groups is 1. The largest absolute Gasteiger partial charge is 0.352 e. The number of nitrogens with one attached hydrogen (secondary N) is 2. The van der Waals surface area contributed by atoms with Gasteiger partial charge in [-0.3, -0.25) is 4.79 Å². The minimum absolute atomic E-state index is 0.0773. The number of carbonyl (C=O) groups excluding carboxylic acids is 2. The molecule has 0 radical (unpaired) electrons. The Labute approximate surface area is 142 Å². The molecule has 0 spiro atoms. The first kappa shape index (κ1) is 17.4. The SMILES string of the molecule is CC(C)(C)c1nnc(NC(=O)CC(NC(N)=O)c2cccs2)s1. The van der Waals surface area contributed by atoms with E-state index in [4.69, 9.17) is 5.73 Å². The molecule has 2 aromatic rings. The van der Waals surface area contributed by atoms with Crippen LogP contribution >= 0.6 is 22.7 Å². The van der Waals surface area contributed by atoms with E-state index >= 15 is 0 Å². The summed E-state index contributed by atoms with van der Waals surface area (Å²) in [5.74, 6) is -0.256. The van der Waals surface area contributed by atoms with Crippen molar-refractivity contribution in [2.45, 2.75) is 38.6 Å². The molecule has 0 aliphatic rings. The molecular weight excluding hydrogens is 334 g/mol. The fourth-order valence-electron chi connectivity index (χ4n) is 1.82. The summed E-state index contributed by atoms with van der Waals surface area (Å²) < 4.78 is 0. The first-order valence-electron chi connectivity index (χ1n) is 6.99. The number of aromatic nitrogens is 2. The maximum atomic E-state index is 12.2. The number of nitrogens with two attached hydrogens (primary N) is 1. The number of rotatable bonds is 5. The maximum absolute atomic E-state index is 12.2. The van der Waals surface area contributed by atoms with Crippen molar-refractivity contribution in [3.8, 4) is 0 Å². The number of thiophene rings is 1. The summed E-state index contributed by atoms with van der Waals surface area (Å²) in [4.78, 5) is 24.2. The lowest BCUT2D eigenvalue weighted by molar-refractivity contribution is -0.116. The zero-order chi connectivity index (χ0) is 17.0. The Balaban J connectivity index is 2.02. The van der Waals surface area contributed by atoms with Crippen molar-refractivity contribution in [3.63, 3.8) is 0 Å². The lowest BCUT2D eigenvalue weighted by atomic mass is 9.98. The van der Waals surface area contributed by atoms with Crippen molar-refractivity contribution in [3.05, 3.63) is 27.4 Å². The van der Waals surface area contributed by atoms with Crippen LogP contribution in [0.3, 0.4) is 0 Å². The predicted molar refractivity (Wildman–Crippen MR) is 91.6 cm³/mol. The summed E-state index contributed by atoms with van der Waals surface area (Å²) in [6.07, 6.45) is 0.0773. The van der Waals surface area contributed by atoms with Crippen LogP contribution in [-0.4, -0.2) is 22.1 Å². The fourth-order valence-corrected chi connectivity index (χ4v) is 3.41. The molecule has 0 saturated carbocycles. The van der Waals surface area contributed by atoms with E-state index in [1.807, 2.05) is 38.3 Å². The first-order chi connectivity index (χ1) is 10.8. The second-order valence-corrected chi connectivity index (χ2v) is 7.95. The molecule has 3 amide bonds. The molecule has 1 unspecified atom stereocenters. The van der Waals surface area contributed by atoms with Gasteiger partial charge in [-0.15, -0.1) is 21.5 Å². The van der Waals surface area contributed by atoms with Gasteiger partial charge in [-0.25, -0.2) is 4.79 Å². The van der Waals surface area contributed by atoms with E-state index in [2.05, 4.69) is 20.8 Å². The lowest BCUT2D eigenvalue weighted by Crippen LogP contribution is -2.34. The number of hydrogen-bond donors (Lipinski definition) is 3. The van der Waals surface area contributed by atoms with Crippen LogP contribution in [0.2, 0.25) is 0 Å². The molecule has 0 saturated heterocycles. The molecule has 0 aromatic carbocycles. The molecule has 0 aliphatic carbocycles. The third-order valence-corrected chi connectivity index (χ3v) is 5.16. The third kappa shape index (κ3) is 5.00. The number of anilines is 1. The van der Waals surface area contributed by atoms with E-state index in [9.17, 15) is 9.59 Å². The number of amides is 3. The summed E-state index contributed by atoms with van der Waals surface area (Å²) in [6.45, 7) is 6.09. The van der Waals surface area contributed by atoms with Gasteiger partial charge in [0.05, 0.1) is 12.5 Å². The van der Waals surface area contributed by atoms with Crippen molar-refractivity contribution in [1.82, 2.24) is 15.5 Å². The second kappa shape index (κ2) is 7.05. The quantitative estimate of drug-likeness (QED) is 0.767. The Hall–Kier alpha value is -2.00. The number of carbonyl (C=O) groups is 2. The van der Waals surface area contributed by atoms with E-state index in [0.717, 1.165) is 9.88 Å². The van der Waals surface area contributed by atoms with Gasteiger partial charge in [0.25, 0.3) is 0 Å². The minimum Gasteiger partial charge on any atom is -0.352 e. The summed E-state index contributed by atoms with van der Waals surface area (Å²) in [5, 5.41) is 16.5. The van der Waals surface area contributed by atoms with Gasteiger partial charge in [-0.05, 0) is 11.4 Å². The van der Waals surface area contributed by atoms with Crippen LogP contribution in [0, 0.1) is 0 Å². The Morgan fingerprint density at radius 3 is 2.61 bits per heavy atom. The molecule has 23 heavy (non-hydrogen) atoms. The summed E-state index contributed by atoms with van der Waals surface area (Å²) in [5.41, 5.74) is 5.06. The highest BCUT2D eigenvalue weighted by molar-refractivity contribution is 7.15. The molecule has 0 aliphatic heterocycles. The van der Waals surface area contributed by atoms with Gasteiger partial charge >= 0.3 is 6.03 Å². The van der Waals surface area contributed by atoms with Gasteiger partial charge in [0.2, 0.25) is 11.0 Å². The molecule has 124 valence electrons. The molecule has 2 aromatic heterocycles. The Kier molecular flexibility index (Phi) is 5.32. The first-order valence-corrected chi connectivity index (χ1v) is 8.68. The Morgan fingerprint density at radius 1 is 1.35 bits per heavy atom. The third-order valence-electron chi connectivity index (χ3n) is 2.91. The molecule has 7 nitrogen and oxygen atoms in total. The summed E-state index contributed by atoms with van der Waals surface area (Å²) >= 11 is 2.80. The second-order valence-electron chi connectivity index (χ2n) is 5.99. The summed E-state index contributed by atoms with van der Waals surface area (Å²) in [7, 11) is 0. The molecule has 2 rings (SSSR count). The Bertz CT molecular complexity index is 676. The standard InChI is InChI=1S/C14H19N5O2S2/c1-14(2,3)11-18-19-13(23-11)17-10(20)7-8(16-12(15)21)9-5-4-6-22-9/h4-6,8H,7H2,1-3H3,(H3,15,16,21)(H,17,19,20). The van der Waals surface area contributed by atoms with E-state index in [-0.39, 0.29) is 17.7 Å². The van der Waals surface area contributed by atoms with Crippen LogP contribution in [0.25, 0.3) is 0 Å². The molecule has 0 bridgehead atoms. The van der Waals surface area contributed by atoms with Gasteiger partial charge in [0, 0.05) is 10.3 Å². The Morgan fingerprint density at radius 2 is 2.09 bits per heavy atom. The van der Waals surface area contributed by atoms with Crippen molar-refractivity contribution < 1.29 is 9.59 Å². The maximum Gasteiger partial charge on any atom is 0.312 e. The topological polar surface area (TPSA) is 110 Å². The van der Waals surface area contributed by atoms with E-state index in [0.29, 0.717) is 5.13 Å². The zero-order valence-corrected chi connectivity index (χ0v) is 14.8. The molecule has 2 heterocycles. The van der Waals surface area contributed by atoms with Crippen molar-refractivity contribution in [2.75, 3.05) is 5.32 Å². The van der Waals surface area contributed by atoms with Crippen molar-refractivity contribution >= 4 is 39.7 Å². The van der Waals surface area contributed by atoms with Gasteiger partial charge in [-0.2, -0.15) is 0 Å². The predicted octanol–water partition coefficient (Wildman–Crippen LogP) is 2.64. The molecule has 4 N–H and O–H groups in total. The lowest BCUT2D eigenvalue weighted by Gasteiger charge is -2.15. The minimum atomic E-state index is -0.665. The number of hydrogen-bond acceptors (Lipinski definition) is 6. The van der Waals surface area contributed by atoms with Gasteiger partial charge in [-0.1, -0.05) is 38.2 Å². The van der Waals surface area contributed by atoms with Crippen LogP contribution in [0.1, 0.15) is 43.1 Å². The average molecular weight is 353 g/mol. The van der Waals surface area contributed by atoms with Crippen LogP contribution in [-0.2, 0) is 10.2 Å². The molecule has 9 heteroatoms. The van der Waals surface area contributed by atoms with Crippen LogP contribution in [0.15, 0.2) is 17.5 Å². The smallest absolute Gasteiger partial charge is 0.312 e. The van der Waals surface area contributed by atoms with Crippen molar-refractivity contribution in [1.29, 1.82) is 0 Å². The van der Waals surface area contributed by atoms with Crippen LogP contribution in [0.5, 0.6) is 0 Å². The normalized spacial score (nSPS) is 12.7. The highest BCUT2D eigenvalue weighted by Gasteiger charge is 2.22. The number of primary amides is 1. The fraction of sp³-hybridized carbons (Fsp3) is 0.429. The van der Waals surface area contributed by atoms with Gasteiger partial charge in [0.1, 0.15) is 5.01 Å².